The maximum absolute atomic E-state index is 14.6. The van der Waals surface area contributed by atoms with Crippen LogP contribution in [0.4, 0.5) is 18.0 Å². The Kier molecular flexibility index (Phi) is 5.66. The van der Waals surface area contributed by atoms with Crippen molar-refractivity contribution in [3.05, 3.63) is 39.4 Å². The Balaban J connectivity index is 2.02. The Hall–Kier alpha value is -2.53. The summed E-state index contributed by atoms with van der Waals surface area (Å²) in [5.41, 5.74) is 5.84. The second-order valence-electron chi connectivity index (χ2n) is 6.17. The average Bonchev–Trinajstić information content (AvgIpc) is 3.01. The van der Waals surface area contributed by atoms with Crippen LogP contribution in [-0.4, -0.2) is 44.2 Å². The van der Waals surface area contributed by atoms with Crippen molar-refractivity contribution in [2.24, 2.45) is 12.8 Å². The monoisotopic (exact) mass is 419 g/mol. The third-order valence-electron chi connectivity index (χ3n) is 4.61. The van der Waals surface area contributed by atoms with Gasteiger partial charge in [0.1, 0.15) is 18.0 Å². The van der Waals surface area contributed by atoms with E-state index in [-0.39, 0.29) is 41.5 Å². The van der Waals surface area contributed by atoms with E-state index in [2.05, 4.69) is 10.3 Å². The molecule has 0 spiro atoms. The van der Waals surface area contributed by atoms with E-state index in [0.29, 0.717) is 5.56 Å². The van der Waals surface area contributed by atoms with Crippen LogP contribution < -0.4 is 10.5 Å². The number of carboxylic acid groups (broad SMARTS) is 1. The number of nitrogens with two attached hydrogens (primary N) is 1. The standard InChI is InChI=1S/C16H17ClF3N5O3/c1-24-13(15(19)20)10(22-23-24)6-28-14-9(18)4-8(17)7-2-3-25(16(26)27)11(5-21)12(7)14/h4,11,15H,2-3,5-6,21H2,1H3,(H,26,27)/t11-/m1/s1. The second kappa shape index (κ2) is 7.84. The summed E-state index contributed by atoms with van der Waals surface area (Å²) < 4.78 is 47.4. The Morgan fingerprint density at radius 1 is 1.54 bits per heavy atom. The molecule has 0 saturated carbocycles. The number of carbonyl (C=O) groups is 1. The highest BCUT2D eigenvalue weighted by Gasteiger charge is 2.35. The van der Waals surface area contributed by atoms with Crippen LogP contribution >= 0.6 is 11.6 Å². The first kappa shape index (κ1) is 20.2. The van der Waals surface area contributed by atoms with Crippen molar-refractivity contribution in [3.63, 3.8) is 0 Å². The van der Waals surface area contributed by atoms with Gasteiger partial charge in [-0.2, -0.15) is 0 Å². The minimum absolute atomic E-state index is 0.121. The van der Waals surface area contributed by atoms with Crippen LogP contribution in [0.5, 0.6) is 5.75 Å². The fourth-order valence-corrected chi connectivity index (χ4v) is 3.64. The number of aryl methyl sites for hydroxylation is 1. The molecule has 12 heteroatoms. The van der Waals surface area contributed by atoms with E-state index in [1.165, 1.54) is 7.05 Å². The van der Waals surface area contributed by atoms with Gasteiger partial charge in [0.2, 0.25) is 0 Å². The predicted molar refractivity (Wildman–Crippen MR) is 91.9 cm³/mol. The number of hydrogen-bond acceptors (Lipinski definition) is 5. The van der Waals surface area contributed by atoms with Crippen molar-refractivity contribution in [2.75, 3.05) is 13.1 Å². The van der Waals surface area contributed by atoms with Crippen LogP contribution in [0.1, 0.15) is 35.0 Å². The molecule has 1 aliphatic rings. The van der Waals surface area contributed by atoms with E-state index in [4.69, 9.17) is 22.1 Å². The van der Waals surface area contributed by atoms with E-state index < -0.39 is 36.7 Å². The number of halogens is 4. The molecule has 0 radical (unpaired) electrons. The molecule has 0 fully saturated rings. The van der Waals surface area contributed by atoms with Gasteiger partial charge in [-0.1, -0.05) is 16.8 Å². The number of amides is 1. The summed E-state index contributed by atoms with van der Waals surface area (Å²) in [6.07, 6.45) is -3.83. The summed E-state index contributed by atoms with van der Waals surface area (Å²) in [6, 6.07) is 0.158. The van der Waals surface area contributed by atoms with Crippen LogP contribution in [0.3, 0.4) is 0 Å². The smallest absolute Gasteiger partial charge is 0.407 e. The van der Waals surface area contributed by atoms with Gasteiger partial charge in [-0.3, -0.25) is 4.90 Å². The van der Waals surface area contributed by atoms with Gasteiger partial charge < -0.3 is 15.6 Å². The zero-order valence-electron chi connectivity index (χ0n) is 14.7. The fourth-order valence-electron chi connectivity index (χ4n) is 3.35. The van der Waals surface area contributed by atoms with Gasteiger partial charge in [0, 0.05) is 30.7 Å². The molecule has 2 aromatic rings. The van der Waals surface area contributed by atoms with E-state index in [0.717, 1.165) is 15.6 Å². The van der Waals surface area contributed by atoms with Crippen molar-refractivity contribution >= 4 is 17.7 Å². The average molecular weight is 420 g/mol. The topological polar surface area (TPSA) is 106 Å². The molecule has 1 amide bonds. The number of hydrogen-bond donors (Lipinski definition) is 2. The molecule has 2 heterocycles. The highest BCUT2D eigenvalue weighted by molar-refractivity contribution is 6.31. The number of ether oxygens (including phenoxy) is 1. The lowest BCUT2D eigenvalue weighted by molar-refractivity contribution is 0.119. The third-order valence-corrected chi connectivity index (χ3v) is 4.95. The van der Waals surface area contributed by atoms with E-state index in [9.17, 15) is 23.1 Å². The largest absolute Gasteiger partial charge is 0.484 e. The number of alkyl halides is 2. The zero-order valence-corrected chi connectivity index (χ0v) is 15.5. The molecule has 1 aromatic carbocycles. The number of rotatable bonds is 5. The molecule has 0 aliphatic carbocycles. The molecule has 0 unspecified atom stereocenters. The minimum Gasteiger partial charge on any atom is -0.484 e. The minimum atomic E-state index is -2.85. The van der Waals surface area contributed by atoms with Crippen molar-refractivity contribution in [3.8, 4) is 5.75 Å². The first-order chi connectivity index (χ1) is 13.3. The molecule has 8 nitrogen and oxygen atoms in total. The predicted octanol–water partition coefficient (Wildman–Crippen LogP) is 2.66. The summed E-state index contributed by atoms with van der Waals surface area (Å²) in [5.74, 6) is -1.14. The molecule has 28 heavy (non-hydrogen) atoms. The Morgan fingerprint density at radius 2 is 2.25 bits per heavy atom. The van der Waals surface area contributed by atoms with Crippen molar-refractivity contribution in [1.82, 2.24) is 19.9 Å². The quantitative estimate of drug-likeness (QED) is 0.771. The number of aromatic nitrogens is 3. The summed E-state index contributed by atoms with van der Waals surface area (Å²) in [6.45, 7) is -0.486. The maximum Gasteiger partial charge on any atom is 0.407 e. The van der Waals surface area contributed by atoms with Crippen LogP contribution in [0, 0.1) is 5.82 Å². The first-order valence-electron chi connectivity index (χ1n) is 8.26. The van der Waals surface area contributed by atoms with E-state index in [1.54, 1.807) is 0 Å². The van der Waals surface area contributed by atoms with Crippen LogP contribution in [0.25, 0.3) is 0 Å². The highest BCUT2D eigenvalue weighted by Crippen LogP contribution is 2.42. The van der Waals surface area contributed by atoms with Gasteiger partial charge in [0.05, 0.1) is 6.04 Å². The van der Waals surface area contributed by atoms with Gasteiger partial charge in [-0.25, -0.2) is 22.6 Å². The lowest BCUT2D eigenvalue weighted by Gasteiger charge is -2.36. The van der Waals surface area contributed by atoms with Crippen LogP contribution in [-0.2, 0) is 20.1 Å². The first-order valence-corrected chi connectivity index (χ1v) is 8.63. The van der Waals surface area contributed by atoms with Crippen LogP contribution in [0.2, 0.25) is 5.02 Å². The molecule has 1 aromatic heterocycles. The normalized spacial score (nSPS) is 16.4. The fraction of sp³-hybridized carbons (Fsp3) is 0.438. The molecule has 152 valence electrons. The van der Waals surface area contributed by atoms with Gasteiger partial charge in [0.25, 0.3) is 6.43 Å². The van der Waals surface area contributed by atoms with Crippen molar-refractivity contribution in [2.45, 2.75) is 25.5 Å². The number of nitrogens with zero attached hydrogens (tertiary/aromatic N) is 4. The summed E-state index contributed by atoms with van der Waals surface area (Å²) in [5, 5.41) is 16.7. The lowest BCUT2D eigenvalue weighted by Crippen LogP contribution is -2.42. The molecule has 1 aliphatic heterocycles. The highest BCUT2D eigenvalue weighted by atomic mass is 35.5. The summed E-state index contributed by atoms with van der Waals surface area (Å²) in [7, 11) is 1.30. The molecule has 3 rings (SSSR count). The molecule has 0 saturated heterocycles. The zero-order chi connectivity index (χ0) is 20.6. The van der Waals surface area contributed by atoms with E-state index in [1.807, 2.05) is 0 Å². The Morgan fingerprint density at radius 3 is 2.86 bits per heavy atom. The summed E-state index contributed by atoms with van der Waals surface area (Å²) in [4.78, 5) is 12.6. The number of benzene rings is 1. The maximum atomic E-state index is 14.6. The van der Waals surface area contributed by atoms with Crippen molar-refractivity contribution in [1.29, 1.82) is 0 Å². The SMILES string of the molecule is Cn1nnc(COc2c(F)cc(Cl)c3c2[C@@H](CN)N(C(=O)O)CC3)c1C(F)F. The van der Waals surface area contributed by atoms with Crippen molar-refractivity contribution < 1.29 is 27.8 Å². The second-order valence-corrected chi connectivity index (χ2v) is 6.58. The molecular formula is C16H17ClF3N5O3. The Labute approximate surface area is 162 Å². The van der Waals surface area contributed by atoms with Crippen LogP contribution in [0.15, 0.2) is 6.07 Å². The number of fused-ring (bicyclic) bond motifs is 1. The molecule has 3 N–H and O–H groups in total. The van der Waals surface area contributed by atoms with Gasteiger partial charge in [-0.05, 0) is 18.1 Å². The summed E-state index contributed by atoms with van der Waals surface area (Å²) >= 11 is 6.13. The van der Waals surface area contributed by atoms with E-state index >= 15 is 0 Å². The van der Waals surface area contributed by atoms with Gasteiger partial charge >= 0.3 is 6.09 Å². The van der Waals surface area contributed by atoms with Gasteiger partial charge in [-0.15, -0.1) is 5.10 Å². The molecular weight excluding hydrogens is 403 g/mol. The molecule has 1 atom stereocenters. The molecule has 0 bridgehead atoms. The lowest BCUT2D eigenvalue weighted by atomic mass is 9.91. The third kappa shape index (κ3) is 3.47. The van der Waals surface area contributed by atoms with Gasteiger partial charge in [0.15, 0.2) is 11.6 Å². The Bertz CT molecular complexity index is 908.